The fourth-order valence-electron chi connectivity index (χ4n) is 3.72. The van der Waals surface area contributed by atoms with Crippen LogP contribution in [0.4, 0.5) is 23.7 Å². The number of rotatable bonds is 5. The average molecular weight is 492 g/mol. The summed E-state index contributed by atoms with van der Waals surface area (Å²) in [5, 5.41) is 3.25. The van der Waals surface area contributed by atoms with Gasteiger partial charge in [-0.1, -0.05) is 29.8 Å². The molecule has 4 rings (SSSR count). The van der Waals surface area contributed by atoms with Crippen LogP contribution in [0.25, 0.3) is 11.1 Å². The maximum atomic E-state index is 13.3. The number of nitrogens with zero attached hydrogens (tertiary/aromatic N) is 2. The molecule has 1 N–H and O–H groups in total. The van der Waals surface area contributed by atoms with Gasteiger partial charge in [0.15, 0.2) is 0 Å². The Hall–Kier alpha value is -3.04. The molecule has 10 heteroatoms. The summed E-state index contributed by atoms with van der Waals surface area (Å²) in [7, 11) is 0. The second-order valence-electron chi connectivity index (χ2n) is 7.63. The second kappa shape index (κ2) is 8.72. The Bertz CT molecular complexity index is 1220. The molecule has 170 valence electrons. The molecule has 0 spiro atoms. The van der Waals surface area contributed by atoms with Crippen molar-refractivity contribution in [1.82, 2.24) is 10.3 Å². The first kappa shape index (κ1) is 23.1. The Balaban J connectivity index is 1.61. The van der Waals surface area contributed by atoms with Gasteiger partial charge in [0.2, 0.25) is 0 Å². The van der Waals surface area contributed by atoms with Gasteiger partial charge in [-0.05, 0) is 60.6 Å². The van der Waals surface area contributed by atoms with Crippen LogP contribution in [0.3, 0.4) is 0 Å². The van der Waals surface area contributed by atoms with Gasteiger partial charge in [0.05, 0.1) is 5.69 Å². The molecule has 0 aliphatic carbocycles. The lowest BCUT2D eigenvalue weighted by Gasteiger charge is -2.23. The van der Waals surface area contributed by atoms with Crippen LogP contribution in [0.2, 0.25) is 5.02 Å². The van der Waals surface area contributed by atoms with Crippen molar-refractivity contribution in [2.45, 2.75) is 29.3 Å². The molecule has 3 amide bonds. The SMILES string of the molecule is CC1(Cc2ccncc2-c2ccccc2Cl)NC(=O)N(c2ccc(SC(F)(F)F)cc2)C1=O. The standard InChI is InChI=1S/C23H17ClF3N3O2S/c1-22(12-14-10-11-28-13-18(14)17-4-2-3-5-19(17)24)20(31)30(21(32)29-22)15-6-8-16(9-7-15)33-23(25,26)27/h2-11,13H,12H2,1H3,(H,29,32). The first-order valence-electron chi connectivity index (χ1n) is 9.78. The molecule has 1 fully saturated rings. The normalized spacial score (nSPS) is 18.5. The highest BCUT2D eigenvalue weighted by Gasteiger charge is 2.48. The maximum Gasteiger partial charge on any atom is 0.446 e. The summed E-state index contributed by atoms with van der Waals surface area (Å²) in [5.74, 6) is -0.509. The van der Waals surface area contributed by atoms with Gasteiger partial charge in [-0.15, -0.1) is 0 Å². The van der Waals surface area contributed by atoms with E-state index >= 15 is 0 Å². The zero-order valence-corrected chi connectivity index (χ0v) is 18.8. The Labute approximate surface area is 197 Å². The Morgan fingerprint density at radius 1 is 1.06 bits per heavy atom. The summed E-state index contributed by atoms with van der Waals surface area (Å²) >= 11 is 6.08. The van der Waals surface area contributed by atoms with E-state index in [1.165, 1.54) is 24.3 Å². The molecule has 1 aromatic heterocycles. The lowest BCUT2D eigenvalue weighted by molar-refractivity contribution is -0.121. The van der Waals surface area contributed by atoms with Crippen LogP contribution in [-0.4, -0.2) is 28.0 Å². The topological polar surface area (TPSA) is 62.3 Å². The number of carbonyl (C=O) groups is 2. The van der Waals surface area contributed by atoms with Gasteiger partial charge in [0, 0.05) is 39.9 Å². The molecule has 1 saturated heterocycles. The highest BCUT2D eigenvalue weighted by molar-refractivity contribution is 8.00. The minimum atomic E-state index is -4.43. The number of hydrogen-bond donors (Lipinski definition) is 1. The summed E-state index contributed by atoms with van der Waals surface area (Å²) < 4.78 is 37.7. The number of halogens is 4. The Morgan fingerprint density at radius 2 is 1.76 bits per heavy atom. The van der Waals surface area contributed by atoms with Gasteiger partial charge >= 0.3 is 11.5 Å². The van der Waals surface area contributed by atoms with Crippen molar-refractivity contribution in [2.75, 3.05) is 4.90 Å². The van der Waals surface area contributed by atoms with E-state index in [1.54, 1.807) is 37.5 Å². The van der Waals surface area contributed by atoms with Crippen molar-refractivity contribution >= 4 is 41.0 Å². The Morgan fingerprint density at radius 3 is 2.42 bits per heavy atom. The van der Waals surface area contributed by atoms with Gasteiger partial charge < -0.3 is 5.32 Å². The van der Waals surface area contributed by atoms with Gasteiger partial charge in [0.25, 0.3) is 5.91 Å². The third-order valence-electron chi connectivity index (χ3n) is 5.21. The van der Waals surface area contributed by atoms with Crippen molar-refractivity contribution in [3.05, 3.63) is 77.6 Å². The van der Waals surface area contributed by atoms with Gasteiger partial charge in [-0.25, -0.2) is 9.69 Å². The van der Waals surface area contributed by atoms with E-state index in [4.69, 9.17) is 11.6 Å². The van der Waals surface area contributed by atoms with Crippen LogP contribution in [0, 0.1) is 0 Å². The van der Waals surface area contributed by atoms with Crippen molar-refractivity contribution in [1.29, 1.82) is 0 Å². The predicted octanol–water partition coefficient (Wildman–Crippen LogP) is 6.07. The number of nitrogens with one attached hydrogen (secondary N) is 1. The van der Waals surface area contributed by atoms with E-state index < -0.39 is 23.0 Å². The van der Waals surface area contributed by atoms with Gasteiger partial charge in [-0.3, -0.25) is 9.78 Å². The molecule has 3 aromatic rings. The van der Waals surface area contributed by atoms with E-state index in [1.807, 2.05) is 12.1 Å². The third kappa shape index (κ3) is 4.84. The zero-order valence-electron chi connectivity index (χ0n) is 17.2. The molecule has 1 atom stereocenters. The molecule has 0 bridgehead atoms. The van der Waals surface area contributed by atoms with Crippen molar-refractivity contribution in [3.63, 3.8) is 0 Å². The molecule has 1 aliphatic rings. The third-order valence-corrected chi connectivity index (χ3v) is 6.28. The van der Waals surface area contributed by atoms with Crippen molar-refractivity contribution < 1.29 is 22.8 Å². The number of benzene rings is 2. The molecule has 2 aromatic carbocycles. The van der Waals surface area contributed by atoms with Crippen molar-refractivity contribution in [2.24, 2.45) is 0 Å². The molecule has 0 radical (unpaired) electrons. The zero-order chi connectivity index (χ0) is 23.8. The van der Waals surface area contributed by atoms with E-state index in [0.29, 0.717) is 5.02 Å². The smallest absolute Gasteiger partial charge is 0.323 e. The maximum absolute atomic E-state index is 13.3. The number of alkyl halides is 3. The fourth-order valence-corrected chi connectivity index (χ4v) is 4.49. The first-order valence-corrected chi connectivity index (χ1v) is 11.0. The first-order chi connectivity index (χ1) is 15.6. The largest absolute Gasteiger partial charge is 0.446 e. The van der Waals surface area contributed by atoms with Crippen LogP contribution in [0.1, 0.15) is 12.5 Å². The lowest BCUT2D eigenvalue weighted by Crippen LogP contribution is -2.46. The summed E-state index contributed by atoms with van der Waals surface area (Å²) in [5.41, 5.74) is -3.27. The van der Waals surface area contributed by atoms with E-state index in [9.17, 15) is 22.8 Å². The summed E-state index contributed by atoms with van der Waals surface area (Å²) in [6.45, 7) is 1.61. The average Bonchev–Trinajstić information content (AvgIpc) is 2.96. The number of urea groups is 1. The molecule has 5 nitrogen and oxygen atoms in total. The number of pyridine rings is 1. The molecular formula is C23H17ClF3N3O2S. The highest BCUT2D eigenvalue weighted by atomic mass is 35.5. The number of anilines is 1. The molecule has 0 saturated carbocycles. The number of amides is 3. The van der Waals surface area contributed by atoms with Crippen LogP contribution < -0.4 is 10.2 Å². The number of hydrogen-bond acceptors (Lipinski definition) is 4. The predicted molar refractivity (Wildman–Crippen MR) is 121 cm³/mol. The fraction of sp³-hybridized carbons (Fsp3) is 0.174. The Kier molecular flexibility index (Phi) is 6.11. The van der Waals surface area contributed by atoms with Crippen LogP contribution in [0.5, 0.6) is 0 Å². The van der Waals surface area contributed by atoms with E-state index in [0.717, 1.165) is 21.6 Å². The quantitative estimate of drug-likeness (QED) is 0.347. The molecule has 1 aliphatic heterocycles. The van der Waals surface area contributed by atoms with Crippen LogP contribution >= 0.6 is 23.4 Å². The van der Waals surface area contributed by atoms with Gasteiger partial charge in [-0.2, -0.15) is 13.2 Å². The molecule has 2 heterocycles. The molecular weight excluding hydrogens is 475 g/mol. The molecule has 1 unspecified atom stereocenters. The number of imide groups is 1. The number of aromatic nitrogens is 1. The number of thioether (sulfide) groups is 1. The summed E-state index contributed by atoms with van der Waals surface area (Å²) in [6, 6.07) is 13.4. The van der Waals surface area contributed by atoms with Crippen LogP contribution in [-0.2, 0) is 11.2 Å². The summed E-state index contributed by atoms with van der Waals surface area (Å²) in [6.07, 6.45) is 3.41. The molecule has 33 heavy (non-hydrogen) atoms. The lowest BCUT2D eigenvalue weighted by atomic mass is 9.89. The second-order valence-corrected chi connectivity index (χ2v) is 9.18. The van der Waals surface area contributed by atoms with Crippen molar-refractivity contribution in [3.8, 4) is 11.1 Å². The van der Waals surface area contributed by atoms with Gasteiger partial charge in [0.1, 0.15) is 5.54 Å². The number of carbonyl (C=O) groups excluding carboxylic acids is 2. The van der Waals surface area contributed by atoms with E-state index in [2.05, 4.69) is 10.3 Å². The minimum Gasteiger partial charge on any atom is -0.323 e. The summed E-state index contributed by atoms with van der Waals surface area (Å²) in [4.78, 5) is 31.0. The van der Waals surface area contributed by atoms with E-state index in [-0.39, 0.29) is 28.8 Å². The minimum absolute atomic E-state index is 0.0396. The monoisotopic (exact) mass is 491 g/mol. The van der Waals surface area contributed by atoms with Crippen LogP contribution in [0.15, 0.2) is 71.9 Å². The highest BCUT2D eigenvalue weighted by Crippen LogP contribution is 2.38.